The summed E-state index contributed by atoms with van der Waals surface area (Å²) >= 11 is 1.68. The maximum absolute atomic E-state index is 12.7. The highest BCUT2D eigenvalue weighted by atomic mass is 32.2. The summed E-state index contributed by atoms with van der Waals surface area (Å²) in [5.41, 5.74) is 2.88. The highest BCUT2D eigenvalue weighted by Gasteiger charge is 2.18. The lowest BCUT2D eigenvalue weighted by Crippen LogP contribution is -2.27. The van der Waals surface area contributed by atoms with Crippen molar-refractivity contribution in [3.05, 3.63) is 95.6 Å². The van der Waals surface area contributed by atoms with Crippen LogP contribution in [0.15, 0.2) is 88.7 Å². The summed E-state index contributed by atoms with van der Waals surface area (Å²) in [4.78, 5) is 13.8. The van der Waals surface area contributed by atoms with Crippen molar-refractivity contribution in [2.45, 2.75) is 48.6 Å². The molecule has 174 valence electrons. The van der Waals surface area contributed by atoms with Crippen LogP contribution in [0.5, 0.6) is 0 Å². The zero-order chi connectivity index (χ0) is 23.8. The van der Waals surface area contributed by atoms with Crippen LogP contribution in [0.25, 0.3) is 0 Å². The first-order valence-corrected chi connectivity index (χ1v) is 13.6. The summed E-state index contributed by atoms with van der Waals surface area (Å²) in [6, 6.07) is 23.9. The Kier molecular flexibility index (Phi) is 8.72. The van der Waals surface area contributed by atoms with Crippen LogP contribution < -0.4 is 10.0 Å². The molecule has 3 rings (SSSR count). The van der Waals surface area contributed by atoms with Crippen LogP contribution in [0.1, 0.15) is 49.0 Å². The molecule has 0 aliphatic rings. The van der Waals surface area contributed by atoms with E-state index in [0.29, 0.717) is 12.8 Å². The Hall–Kier alpha value is -2.61. The van der Waals surface area contributed by atoms with Gasteiger partial charge in [-0.25, -0.2) is 13.1 Å². The Morgan fingerprint density at radius 3 is 2.06 bits per heavy atom. The molecule has 0 fully saturated rings. The molecule has 3 aromatic carbocycles. The van der Waals surface area contributed by atoms with Crippen molar-refractivity contribution in [1.29, 1.82) is 0 Å². The molecule has 0 spiro atoms. The molecule has 0 saturated carbocycles. The number of hydrogen-bond acceptors (Lipinski definition) is 4. The highest BCUT2D eigenvalue weighted by molar-refractivity contribution is 7.98. The van der Waals surface area contributed by atoms with Crippen LogP contribution in [0.3, 0.4) is 0 Å². The number of nitrogens with one attached hydrogen (secondary N) is 2. The number of hydrogen-bond donors (Lipinski definition) is 2. The van der Waals surface area contributed by atoms with Gasteiger partial charge in [0.15, 0.2) is 0 Å². The average molecular weight is 483 g/mol. The minimum absolute atomic E-state index is 0.0357. The Bertz CT molecular complexity index is 1150. The number of aryl methyl sites for hydroxylation is 1. The van der Waals surface area contributed by atoms with Gasteiger partial charge in [0.1, 0.15) is 0 Å². The van der Waals surface area contributed by atoms with Crippen molar-refractivity contribution in [1.82, 2.24) is 10.0 Å². The van der Waals surface area contributed by atoms with Gasteiger partial charge in [0.25, 0.3) is 0 Å². The van der Waals surface area contributed by atoms with E-state index >= 15 is 0 Å². The van der Waals surface area contributed by atoms with Gasteiger partial charge in [-0.3, -0.25) is 4.79 Å². The first kappa shape index (κ1) is 25.0. The molecule has 5 nitrogen and oxygen atoms in total. The van der Waals surface area contributed by atoms with E-state index in [1.807, 2.05) is 74.7 Å². The van der Waals surface area contributed by atoms with Crippen LogP contribution in [-0.2, 0) is 21.2 Å². The van der Waals surface area contributed by atoms with Crippen molar-refractivity contribution >= 4 is 27.7 Å². The molecule has 0 aromatic heterocycles. The van der Waals surface area contributed by atoms with Gasteiger partial charge < -0.3 is 5.32 Å². The van der Waals surface area contributed by atoms with Crippen LogP contribution in [-0.4, -0.2) is 20.6 Å². The van der Waals surface area contributed by atoms with Crippen molar-refractivity contribution in [2.75, 3.05) is 6.26 Å². The monoisotopic (exact) mass is 482 g/mol. The molecular weight excluding hydrogens is 452 g/mol. The highest BCUT2D eigenvalue weighted by Crippen LogP contribution is 2.20. The number of benzene rings is 3. The molecule has 7 heteroatoms. The molecular formula is C26H30N2O3S2. The lowest BCUT2D eigenvalue weighted by Gasteiger charge is -2.15. The lowest BCUT2D eigenvalue weighted by molar-refractivity contribution is -0.121. The van der Waals surface area contributed by atoms with E-state index in [1.165, 1.54) is 4.90 Å². The van der Waals surface area contributed by atoms with Gasteiger partial charge in [0.2, 0.25) is 15.9 Å². The second-order valence-electron chi connectivity index (χ2n) is 7.96. The van der Waals surface area contributed by atoms with E-state index in [-0.39, 0.29) is 22.9 Å². The maximum atomic E-state index is 12.7. The second-order valence-corrected chi connectivity index (χ2v) is 10.6. The van der Waals surface area contributed by atoms with Gasteiger partial charge in [-0.15, -0.1) is 11.8 Å². The quantitative estimate of drug-likeness (QED) is 0.387. The summed E-state index contributed by atoms with van der Waals surface area (Å²) in [5, 5.41) is 3.03. The van der Waals surface area contributed by atoms with E-state index in [2.05, 4.69) is 10.0 Å². The van der Waals surface area contributed by atoms with Crippen molar-refractivity contribution in [3.63, 3.8) is 0 Å². The molecule has 3 aromatic rings. The van der Waals surface area contributed by atoms with Crippen molar-refractivity contribution < 1.29 is 13.2 Å². The minimum atomic E-state index is -3.64. The van der Waals surface area contributed by atoms with Gasteiger partial charge >= 0.3 is 0 Å². The Morgan fingerprint density at radius 1 is 0.848 bits per heavy atom. The number of carbonyl (C=O) groups is 1. The van der Waals surface area contributed by atoms with Crippen LogP contribution in [0.4, 0.5) is 0 Å². The number of thioether (sulfide) groups is 1. The molecule has 0 unspecified atom stereocenters. The normalized spacial score (nSPS) is 13.3. The SMILES string of the molecule is CSc1ccc([C@H](C)NC(=O)CCc2ccc(S(=O)(=O)N[C@@H](C)c3ccccc3)cc2)cc1. The van der Waals surface area contributed by atoms with Gasteiger partial charge in [-0.1, -0.05) is 54.6 Å². The first-order valence-electron chi connectivity index (χ1n) is 10.9. The van der Waals surface area contributed by atoms with E-state index in [0.717, 1.165) is 16.7 Å². The van der Waals surface area contributed by atoms with Crippen LogP contribution >= 0.6 is 11.8 Å². The second kappa shape index (κ2) is 11.5. The predicted octanol–water partition coefficient (Wildman–Crippen LogP) is 5.26. The third-order valence-electron chi connectivity index (χ3n) is 5.50. The Morgan fingerprint density at radius 2 is 1.45 bits per heavy atom. The zero-order valence-electron chi connectivity index (χ0n) is 19.1. The number of carbonyl (C=O) groups excluding carboxylic acids is 1. The van der Waals surface area contributed by atoms with Gasteiger partial charge in [-0.2, -0.15) is 0 Å². The molecule has 33 heavy (non-hydrogen) atoms. The third-order valence-corrected chi connectivity index (χ3v) is 7.80. The summed E-state index contributed by atoms with van der Waals surface area (Å²) < 4.78 is 28.1. The van der Waals surface area contributed by atoms with E-state index in [9.17, 15) is 13.2 Å². The fourth-order valence-electron chi connectivity index (χ4n) is 3.49. The van der Waals surface area contributed by atoms with Crippen molar-refractivity contribution in [2.24, 2.45) is 0 Å². The topological polar surface area (TPSA) is 75.3 Å². The molecule has 0 heterocycles. The maximum Gasteiger partial charge on any atom is 0.241 e. The number of amides is 1. The molecule has 0 aliphatic carbocycles. The van der Waals surface area contributed by atoms with Crippen molar-refractivity contribution in [3.8, 4) is 0 Å². The van der Waals surface area contributed by atoms with Gasteiger partial charge in [-0.05, 0) is 67.5 Å². The zero-order valence-corrected chi connectivity index (χ0v) is 20.7. The standard InChI is InChI=1S/C26H30N2O3S2/c1-19(23-12-14-24(32-3)15-13-23)27-26(29)18-11-21-9-16-25(17-10-21)33(30,31)28-20(2)22-7-5-4-6-8-22/h4-10,12-17,19-20,28H,11,18H2,1-3H3,(H,27,29)/t19-,20-/m0/s1. The smallest absolute Gasteiger partial charge is 0.241 e. The van der Waals surface area contributed by atoms with E-state index in [4.69, 9.17) is 0 Å². The molecule has 0 saturated heterocycles. The predicted molar refractivity (Wildman–Crippen MR) is 135 cm³/mol. The molecule has 0 bridgehead atoms. The fourth-order valence-corrected chi connectivity index (χ4v) is 5.13. The lowest BCUT2D eigenvalue weighted by atomic mass is 10.1. The van der Waals surface area contributed by atoms with E-state index in [1.54, 1.807) is 36.0 Å². The van der Waals surface area contributed by atoms with Crippen LogP contribution in [0.2, 0.25) is 0 Å². The summed E-state index contributed by atoms with van der Waals surface area (Å²) in [6.45, 7) is 3.78. The van der Waals surface area contributed by atoms with Crippen LogP contribution in [0, 0.1) is 0 Å². The average Bonchev–Trinajstić information content (AvgIpc) is 2.83. The summed E-state index contributed by atoms with van der Waals surface area (Å²) in [7, 11) is -3.64. The Labute approximate surface area is 201 Å². The number of rotatable bonds is 10. The number of sulfonamides is 1. The first-order chi connectivity index (χ1) is 15.8. The largest absolute Gasteiger partial charge is 0.350 e. The Balaban J connectivity index is 1.52. The molecule has 1 amide bonds. The van der Waals surface area contributed by atoms with Gasteiger partial charge in [0.05, 0.1) is 10.9 Å². The van der Waals surface area contributed by atoms with Gasteiger partial charge in [0, 0.05) is 17.4 Å². The minimum Gasteiger partial charge on any atom is -0.350 e. The summed E-state index contributed by atoms with van der Waals surface area (Å²) in [5.74, 6) is -0.0357. The molecule has 2 atom stereocenters. The van der Waals surface area contributed by atoms with E-state index < -0.39 is 10.0 Å². The fraction of sp³-hybridized carbons (Fsp3) is 0.269. The molecule has 0 aliphatic heterocycles. The molecule has 2 N–H and O–H groups in total. The third kappa shape index (κ3) is 7.19. The molecule has 0 radical (unpaired) electrons. The summed E-state index contributed by atoms with van der Waals surface area (Å²) in [6.07, 6.45) is 2.91.